The standard InChI is InChI=1S/C26H21N3O4S/c1-32-19-9-5-8-18(15-19)29-24(23(28-26(29)34)20-10-2-3-13-27-20)22-12-11-21(33-22)16-6-4-7-17(14-16)25(30)31/h2-15,23-24H,1H3,(H,28,34)(H,30,31)/t23-,24+/m1/s1. The molecule has 0 saturated carbocycles. The summed E-state index contributed by atoms with van der Waals surface area (Å²) in [6, 6.07) is 23.2. The molecule has 2 N–H and O–H groups in total. The Bertz CT molecular complexity index is 1350. The van der Waals surface area contributed by atoms with E-state index in [9.17, 15) is 9.90 Å². The minimum Gasteiger partial charge on any atom is -0.497 e. The molecule has 8 heteroatoms. The summed E-state index contributed by atoms with van der Waals surface area (Å²) in [5.74, 6) is 0.965. The average molecular weight is 472 g/mol. The molecule has 5 rings (SSSR count). The van der Waals surface area contributed by atoms with E-state index in [4.69, 9.17) is 21.4 Å². The van der Waals surface area contributed by atoms with Gasteiger partial charge >= 0.3 is 5.97 Å². The fourth-order valence-electron chi connectivity index (χ4n) is 4.15. The fraction of sp³-hybridized carbons (Fsp3) is 0.115. The highest BCUT2D eigenvalue weighted by Gasteiger charge is 2.42. The third-order valence-electron chi connectivity index (χ3n) is 5.74. The molecule has 2 atom stereocenters. The third-order valence-corrected chi connectivity index (χ3v) is 6.06. The van der Waals surface area contributed by atoms with Gasteiger partial charge in [0.1, 0.15) is 23.3 Å². The molecule has 4 aromatic rings. The van der Waals surface area contributed by atoms with E-state index in [0.717, 1.165) is 11.4 Å². The zero-order valence-electron chi connectivity index (χ0n) is 18.2. The maximum absolute atomic E-state index is 11.4. The molecule has 0 amide bonds. The van der Waals surface area contributed by atoms with Crippen molar-refractivity contribution in [1.29, 1.82) is 0 Å². The van der Waals surface area contributed by atoms with Gasteiger partial charge in [0.05, 0.1) is 24.4 Å². The number of nitrogens with one attached hydrogen (secondary N) is 1. The number of carbonyl (C=O) groups is 1. The Labute approximate surface area is 201 Å². The number of methoxy groups -OCH3 is 1. The summed E-state index contributed by atoms with van der Waals surface area (Å²) in [5.41, 5.74) is 2.56. The first kappa shape index (κ1) is 21.7. The van der Waals surface area contributed by atoms with Crippen LogP contribution in [0.3, 0.4) is 0 Å². The Morgan fingerprint density at radius 1 is 1.09 bits per heavy atom. The van der Waals surface area contributed by atoms with Crippen LogP contribution >= 0.6 is 12.2 Å². The van der Waals surface area contributed by atoms with Gasteiger partial charge in [-0.15, -0.1) is 0 Å². The van der Waals surface area contributed by atoms with Gasteiger partial charge in [0.15, 0.2) is 5.11 Å². The number of aromatic nitrogens is 1. The molecule has 170 valence electrons. The van der Waals surface area contributed by atoms with E-state index >= 15 is 0 Å². The molecular weight excluding hydrogens is 450 g/mol. The van der Waals surface area contributed by atoms with Crippen LogP contribution in [0.15, 0.2) is 89.5 Å². The van der Waals surface area contributed by atoms with Crippen LogP contribution in [0.5, 0.6) is 5.75 Å². The van der Waals surface area contributed by atoms with E-state index < -0.39 is 5.97 Å². The lowest BCUT2D eigenvalue weighted by Crippen LogP contribution is -2.29. The lowest BCUT2D eigenvalue weighted by Gasteiger charge is -2.26. The number of hydrogen-bond donors (Lipinski definition) is 2. The first-order valence-electron chi connectivity index (χ1n) is 10.6. The third kappa shape index (κ3) is 3.99. The van der Waals surface area contributed by atoms with Crippen molar-refractivity contribution in [1.82, 2.24) is 10.3 Å². The van der Waals surface area contributed by atoms with Gasteiger partial charge in [-0.1, -0.05) is 24.3 Å². The summed E-state index contributed by atoms with van der Waals surface area (Å²) in [7, 11) is 1.62. The Morgan fingerprint density at radius 3 is 2.71 bits per heavy atom. The molecule has 2 aromatic heterocycles. The number of anilines is 1. The highest BCUT2D eigenvalue weighted by molar-refractivity contribution is 7.80. The van der Waals surface area contributed by atoms with E-state index in [1.807, 2.05) is 65.6 Å². The van der Waals surface area contributed by atoms with Crippen molar-refractivity contribution in [3.8, 4) is 17.1 Å². The van der Waals surface area contributed by atoms with Gasteiger partial charge in [-0.25, -0.2) is 4.79 Å². The van der Waals surface area contributed by atoms with E-state index in [0.29, 0.717) is 27.9 Å². The zero-order valence-corrected chi connectivity index (χ0v) is 19.0. The molecule has 0 aliphatic carbocycles. The Hall–Kier alpha value is -4.17. The zero-order chi connectivity index (χ0) is 23.7. The largest absolute Gasteiger partial charge is 0.497 e. The van der Waals surface area contributed by atoms with Crippen LogP contribution in [0, 0.1) is 0 Å². The molecule has 34 heavy (non-hydrogen) atoms. The number of carboxylic acid groups (broad SMARTS) is 1. The van der Waals surface area contributed by atoms with Crippen molar-refractivity contribution in [2.45, 2.75) is 12.1 Å². The summed E-state index contributed by atoms with van der Waals surface area (Å²) >= 11 is 5.74. The molecule has 0 bridgehead atoms. The van der Waals surface area contributed by atoms with Gasteiger partial charge in [-0.2, -0.15) is 0 Å². The molecule has 1 saturated heterocycles. The maximum atomic E-state index is 11.4. The van der Waals surface area contributed by atoms with Crippen molar-refractivity contribution in [2.75, 3.05) is 12.0 Å². The van der Waals surface area contributed by atoms with Crippen molar-refractivity contribution in [2.24, 2.45) is 0 Å². The highest BCUT2D eigenvalue weighted by Crippen LogP contribution is 2.43. The second-order valence-corrected chi connectivity index (χ2v) is 8.17. The van der Waals surface area contributed by atoms with Gasteiger partial charge in [0.2, 0.25) is 0 Å². The van der Waals surface area contributed by atoms with E-state index in [1.54, 1.807) is 31.5 Å². The minimum atomic E-state index is -0.988. The van der Waals surface area contributed by atoms with Crippen LogP contribution in [0.2, 0.25) is 0 Å². The molecule has 7 nitrogen and oxygen atoms in total. The number of hydrogen-bond acceptors (Lipinski definition) is 5. The summed E-state index contributed by atoms with van der Waals surface area (Å²) in [6.07, 6.45) is 1.75. The Kier molecular flexibility index (Phi) is 5.73. The predicted molar refractivity (Wildman–Crippen MR) is 132 cm³/mol. The first-order valence-corrected chi connectivity index (χ1v) is 11.0. The number of benzene rings is 2. The normalized spacial score (nSPS) is 17.4. The molecule has 2 aromatic carbocycles. The van der Waals surface area contributed by atoms with Crippen LogP contribution in [0.1, 0.15) is 33.9 Å². The van der Waals surface area contributed by atoms with E-state index in [1.165, 1.54) is 0 Å². The molecule has 1 aliphatic heterocycles. The number of nitrogens with zero attached hydrogens (tertiary/aromatic N) is 2. The van der Waals surface area contributed by atoms with Gasteiger partial charge in [0, 0.05) is 23.5 Å². The minimum absolute atomic E-state index is 0.198. The van der Waals surface area contributed by atoms with Crippen LogP contribution in [0.4, 0.5) is 5.69 Å². The SMILES string of the molecule is COc1cccc(N2C(=S)N[C@H](c3ccccn3)[C@@H]2c2ccc(-c3cccc(C(=O)O)c3)o2)c1. The lowest BCUT2D eigenvalue weighted by atomic mass is 10.0. The fourth-order valence-corrected chi connectivity index (χ4v) is 4.50. The molecule has 3 heterocycles. The molecular formula is C26H21N3O4S. The number of carboxylic acids is 1. The maximum Gasteiger partial charge on any atom is 0.335 e. The number of furan rings is 1. The molecule has 0 radical (unpaired) electrons. The van der Waals surface area contributed by atoms with E-state index in [2.05, 4.69) is 10.3 Å². The first-order chi connectivity index (χ1) is 16.5. The summed E-state index contributed by atoms with van der Waals surface area (Å²) in [5, 5.41) is 13.3. The molecule has 0 spiro atoms. The van der Waals surface area contributed by atoms with Gasteiger partial charge in [-0.05, 0) is 60.7 Å². The summed E-state index contributed by atoms with van der Waals surface area (Å²) in [4.78, 5) is 18.0. The van der Waals surface area contributed by atoms with Crippen molar-refractivity contribution in [3.63, 3.8) is 0 Å². The number of pyridine rings is 1. The van der Waals surface area contributed by atoms with Crippen LogP contribution < -0.4 is 15.0 Å². The summed E-state index contributed by atoms with van der Waals surface area (Å²) in [6.45, 7) is 0. The second-order valence-electron chi connectivity index (χ2n) is 7.79. The number of thiocarbonyl (C=S) groups is 1. The second kappa shape index (κ2) is 8.99. The molecule has 1 fully saturated rings. The quantitative estimate of drug-likeness (QED) is 0.370. The smallest absolute Gasteiger partial charge is 0.335 e. The van der Waals surface area contributed by atoms with Crippen molar-refractivity contribution < 1.29 is 19.1 Å². The highest BCUT2D eigenvalue weighted by atomic mass is 32.1. The Balaban J connectivity index is 1.59. The molecule has 1 aliphatic rings. The van der Waals surface area contributed by atoms with Crippen LogP contribution in [-0.4, -0.2) is 28.3 Å². The predicted octanol–water partition coefficient (Wildman–Crippen LogP) is 5.23. The number of aromatic carboxylic acids is 1. The Morgan fingerprint density at radius 2 is 1.94 bits per heavy atom. The summed E-state index contributed by atoms with van der Waals surface area (Å²) < 4.78 is 11.7. The van der Waals surface area contributed by atoms with Gasteiger partial charge in [-0.3, -0.25) is 4.98 Å². The molecule has 0 unspecified atom stereocenters. The van der Waals surface area contributed by atoms with Gasteiger partial charge < -0.3 is 24.5 Å². The van der Waals surface area contributed by atoms with Crippen LogP contribution in [0.25, 0.3) is 11.3 Å². The number of rotatable bonds is 6. The number of ether oxygens (including phenoxy) is 1. The average Bonchev–Trinajstić information content (AvgIpc) is 3.49. The van der Waals surface area contributed by atoms with Gasteiger partial charge in [0.25, 0.3) is 0 Å². The lowest BCUT2D eigenvalue weighted by molar-refractivity contribution is 0.0697. The van der Waals surface area contributed by atoms with E-state index in [-0.39, 0.29) is 17.6 Å². The topological polar surface area (TPSA) is 87.8 Å². The van der Waals surface area contributed by atoms with Crippen LogP contribution in [-0.2, 0) is 0 Å². The monoisotopic (exact) mass is 471 g/mol. The van der Waals surface area contributed by atoms with Crippen molar-refractivity contribution in [3.05, 3.63) is 102 Å². The van der Waals surface area contributed by atoms with Crippen molar-refractivity contribution >= 4 is 29.0 Å².